The second-order valence-corrected chi connectivity index (χ2v) is 10.6. The molecule has 162 valence electrons. The Hall–Kier alpha value is -2.12. The molecule has 0 atom stereocenters. The summed E-state index contributed by atoms with van der Waals surface area (Å²) in [5.74, 6) is 2.10. The van der Waals surface area contributed by atoms with Gasteiger partial charge in [0.2, 0.25) is 5.91 Å². The number of hydrogen-bond donors (Lipinski definition) is 2. The maximum Gasteiger partial charge on any atom is 0.259 e. The molecule has 0 bridgehead atoms. The topological polar surface area (TPSA) is 74.8 Å². The molecule has 1 amide bonds. The number of nitrogens with zero attached hydrogens (tertiary/aromatic N) is 1. The van der Waals surface area contributed by atoms with Crippen molar-refractivity contribution in [3.8, 4) is 0 Å². The van der Waals surface area contributed by atoms with Gasteiger partial charge < -0.3 is 10.3 Å². The van der Waals surface area contributed by atoms with Crippen molar-refractivity contribution in [2.24, 2.45) is 0 Å². The molecule has 0 unspecified atom stereocenters. The van der Waals surface area contributed by atoms with E-state index in [1.54, 1.807) is 23.1 Å². The lowest BCUT2D eigenvalue weighted by molar-refractivity contribution is -0.120. The number of aromatic nitrogens is 2. The monoisotopic (exact) mass is 453 g/mol. The first-order valence-corrected chi connectivity index (χ1v) is 13.1. The van der Waals surface area contributed by atoms with E-state index in [4.69, 9.17) is 4.98 Å². The highest BCUT2D eigenvalue weighted by Gasteiger charge is 2.19. The van der Waals surface area contributed by atoms with Gasteiger partial charge >= 0.3 is 0 Å². The molecule has 2 aliphatic carbocycles. The molecule has 0 fully saturated rings. The first-order chi connectivity index (χ1) is 15.2. The minimum Gasteiger partial charge on any atom is -0.352 e. The highest BCUT2D eigenvalue weighted by atomic mass is 32.2. The largest absolute Gasteiger partial charge is 0.352 e. The predicted molar refractivity (Wildman–Crippen MR) is 128 cm³/mol. The van der Waals surface area contributed by atoms with Crippen molar-refractivity contribution in [2.45, 2.75) is 63.7 Å². The van der Waals surface area contributed by atoms with E-state index in [0.29, 0.717) is 30.3 Å². The molecule has 2 N–H and O–H groups in total. The van der Waals surface area contributed by atoms with E-state index in [9.17, 15) is 9.59 Å². The van der Waals surface area contributed by atoms with Crippen molar-refractivity contribution in [3.63, 3.8) is 0 Å². The summed E-state index contributed by atoms with van der Waals surface area (Å²) in [5.41, 5.74) is 5.29. The molecule has 5 rings (SSSR count). The number of H-pyrrole nitrogens is 1. The fraction of sp³-hybridized carbons (Fsp3) is 0.458. The third-order valence-corrected chi connectivity index (χ3v) is 8.39. The highest BCUT2D eigenvalue weighted by Crippen LogP contribution is 2.33. The van der Waals surface area contributed by atoms with Crippen LogP contribution in [0.4, 0.5) is 0 Å². The molecule has 31 heavy (non-hydrogen) atoms. The fourth-order valence-corrected chi connectivity index (χ4v) is 6.72. The summed E-state index contributed by atoms with van der Waals surface area (Å²) < 4.78 is 0. The molecular formula is C24H27N3O2S2. The molecule has 2 aromatic heterocycles. The highest BCUT2D eigenvalue weighted by molar-refractivity contribution is 7.98. The number of thiophene rings is 1. The van der Waals surface area contributed by atoms with Crippen LogP contribution in [0.5, 0.6) is 0 Å². The Morgan fingerprint density at radius 1 is 1.13 bits per heavy atom. The molecule has 0 saturated carbocycles. The van der Waals surface area contributed by atoms with Crippen molar-refractivity contribution in [1.82, 2.24) is 15.3 Å². The number of benzene rings is 1. The van der Waals surface area contributed by atoms with Gasteiger partial charge in [0, 0.05) is 23.6 Å². The van der Waals surface area contributed by atoms with Crippen molar-refractivity contribution >= 4 is 39.2 Å². The molecule has 0 spiro atoms. The van der Waals surface area contributed by atoms with Gasteiger partial charge in [-0.1, -0.05) is 18.2 Å². The lowest BCUT2D eigenvalue weighted by Gasteiger charge is -2.09. The molecule has 0 aliphatic heterocycles. The zero-order valence-electron chi connectivity index (χ0n) is 17.6. The Balaban J connectivity index is 1.11. The number of nitrogens with one attached hydrogen (secondary N) is 2. The van der Waals surface area contributed by atoms with E-state index in [2.05, 4.69) is 28.5 Å². The maximum absolute atomic E-state index is 12.6. The Labute approximate surface area is 190 Å². The van der Waals surface area contributed by atoms with Crippen LogP contribution in [0.15, 0.2) is 23.0 Å². The number of amides is 1. The van der Waals surface area contributed by atoms with Crippen LogP contribution in [-0.2, 0) is 42.8 Å². The van der Waals surface area contributed by atoms with Crippen molar-refractivity contribution in [3.05, 3.63) is 61.5 Å². The van der Waals surface area contributed by atoms with Crippen LogP contribution in [0, 0.1) is 0 Å². The van der Waals surface area contributed by atoms with Gasteiger partial charge in [0.25, 0.3) is 5.56 Å². The minimum atomic E-state index is -0.00732. The summed E-state index contributed by atoms with van der Waals surface area (Å²) in [4.78, 5) is 34.7. The van der Waals surface area contributed by atoms with Crippen molar-refractivity contribution < 1.29 is 4.79 Å². The summed E-state index contributed by atoms with van der Waals surface area (Å²) in [6.45, 7) is 0.589. The predicted octanol–water partition coefficient (Wildman–Crippen LogP) is 4.29. The zero-order valence-corrected chi connectivity index (χ0v) is 19.2. The Bertz CT molecular complexity index is 1180. The van der Waals surface area contributed by atoms with Gasteiger partial charge in [-0.05, 0) is 67.2 Å². The fourth-order valence-electron chi connectivity index (χ4n) is 4.63. The lowest BCUT2D eigenvalue weighted by atomic mass is 9.97. The Kier molecular flexibility index (Phi) is 6.14. The quantitative estimate of drug-likeness (QED) is 0.523. The minimum absolute atomic E-state index is 0.00732. The molecule has 5 nitrogen and oxygen atoms in total. The molecule has 2 aliphatic rings. The Morgan fingerprint density at radius 2 is 2.00 bits per heavy atom. The molecule has 0 radical (unpaired) electrons. The molecule has 2 heterocycles. The van der Waals surface area contributed by atoms with Crippen molar-refractivity contribution in [2.75, 3.05) is 5.75 Å². The number of aryl methyl sites for hydroxylation is 4. The van der Waals surface area contributed by atoms with Crippen LogP contribution in [0.2, 0.25) is 0 Å². The van der Waals surface area contributed by atoms with Gasteiger partial charge in [-0.25, -0.2) is 4.98 Å². The van der Waals surface area contributed by atoms with Crippen LogP contribution in [0.1, 0.15) is 58.6 Å². The molecule has 1 aromatic carbocycles. The first kappa shape index (κ1) is 20.8. The summed E-state index contributed by atoms with van der Waals surface area (Å²) in [6.07, 6.45) is 8.47. The third kappa shape index (κ3) is 4.58. The molecule has 3 aromatic rings. The van der Waals surface area contributed by atoms with E-state index >= 15 is 0 Å². The van der Waals surface area contributed by atoms with Gasteiger partial charge in [0.05, 0.1) is 11.1 Å². The summed E-state index contributed by atoms with van der Waals surface area (Å²) in [5, 5.41) is 3.83. The van der Waals surface area contributed by atoms with Crippen molar-refractivity contribution in [1.29, 1.82) is 0 Å². The van der Waals surface area contributed by atoms with Gasteiger partial charge in [0.15, 0.2) is 0 Å². The number of rotatable bonds is 7. The van der Waals surface area contributed by atoms with E-state index in [-0.39, 0.29) is 11.5 Å². The van der Waals surface area contributed by atoms with Crippen LogP contribution < -0.4 is 10.9 Å². The maximum atomic E-state index is 12.6. The molecule has 7 heteroatoms. The second kappa shape index (κ2) is 9.17. The first-order valence-electron chi connectivity index (χ1n) is 11.2. The van der Waals surface area contributed by atoms with Gasteiger partial charge in [-0.2, -0.15) is 11.8 Å². The number of fused-ring (bicyclic) bond motifs is 4. The molecule has 0 saturated heterocycles. The van der Waals surface area contributed by atoms with Gasteiger partial charge in [0.1, 0.15) is 10.7 Å². The second-order valence-electron chi connectivity index (χ2n) is 8.44. The number of carbonyl (C=O) groups is 1. The van der Waals surface area contributed by atoms with E-state index < -0.39 is 0 Å². The summed E-state index contributed by atoms with van der Waals surface area (Å²) >= 11 is 3.32. The average Bonchev–Trinajstić information content (AvgIpc) is 3.39. The van der Waals surface area contributed by atoms with Crippen LogP contribution in [-0.4, -0.2) is 21.6 Å². The van der Waals surface area contributed by atoms with Crippen LogP contribution in [0.3, 0.4) is 0 Å². The third-order valence-electron chi connectivity index (χ3n) is 6.24. The smallest absolute Gasteiger partial charge is 0.259 e. The number of hydrogen-bond acceptors (Lipinski definition) is 5. The van der Waals surface area contributed by atoms with Crippen LogP contribution in [0.25, 0.3) is 10.2 Å². The van der Waals surface area contributed by atoms with Gasteiger partial charge in [-0.15, -0.1) is 11.3 Å². The summed E-state index contributed by atoms with van der Waals surface area (Å²) in [7, 11) is 0. The average molecular weight is 454 g/mol. The van der Waals surface area contributed by atoms with E-state index in [1.165, 1.54) is 46.4 Å². The molecular weight excluding hydrogens is 426 g/mol. The standard InChI is InChI=1S/C24H27N3O2S2/c28-21(25-13-15-8-9-16-4-3-5-17(16)12-15)10-11-30-14-20-26-23(29)22-18-6-1-2-7-19(18)31-24(22)27-20/h8-9,12H,1-7,10-11,13-14H2,(H,25,28)(H,26,27,29). The SMILES string of the molecule is O=C(CCSCc1nc2sc3c(c2c(=O)[nH]1)CCCC3)NCc1ccc2c(c1)CCC2. The summed E-state index contributed by atoms with van der Waals surface area (Å²) in [6, 6.07) is 6.56. The number of aromatic amines is 1. The zero-order chi connectivity index (χ0) is 21.2. The number of carbonyl (C=O) groups excluding carboxylic acids is 1. The van der Waals surface area contributed by atoms with E-state index in [1.807, 2.05) is 0 Å². The van der Waals surface area contributed by atoms with E-state index in [0.717, 1.165) is 35.9 Å². The normalized spacial score (nSPS) is 15.1. The number of thioether (sulfide) groups is 1. The Morgan fingerprint density at radius 3 is 2.94 bits per heavy atom. The van der Waals surface area contributed by atoms with Gasteiger partial charge in [-0.3, -0.25) is 9.59 Å². The lowest BCUT2D eigenvalue weighted by Crippen LogP contribution is -2.23. The van der Waals surface area contributed by atoms with Crippen LogP contribution >= 0.6 is 23.1 Å².